The highest BCUT2D eigenvalue weighted by molar-refractivity contribution is 7.16. The van der Waals surface area contributed by atoms with Crippen molar-refractivity contribution in [3.63, 3.8) is 0 Å². The Morgan fingerprint density at radius 2 is 1.63 bits per heavy atom. The fourth-order valence-corrected chi connectivity index (χ4v) is 6.43. The first-order valence-electron chi connectivity index (χ1n) is 12.7. The van der Waals surface area contributed by atoms with Crippen molar-refractivity contribution >= 4 is 34.6 Å². The molecule has 0 aliphatic heterocycles. The highest BCUT2D eigenvalue weighted by Gasteiger charge is 2.39. The maximum Gasteiger partial charge on any atom is 0.263 e. The molecular formula is C33H30N4S. The SMILES string of the molecule is [C-]#[N+]/C(C#N)=C\c1cc2c(s1)-c1ccc(N(c3ccc(C)c(C)c3)c3cc(C)c(C)c(C)c3)nc1C2(C)C. The summed E-state index contributed by atoms with van der Waals surface area (Å²) in [5.74, 6) is 0.887. The molecule has 2 heterocycles. The van der Waals surface area contributed by atoms with Crippen molar-refractivity contribution in [1.82, 2.24) is 4.98 Å². The molecule has 0 radical (unpaired) electrons. The van der Waals surface area contributed by atoms with Crippen molar-refractivity contribution in [2.24, 2.45) is 0 Å². The van der Waals surface area contributed by atoms with Crippen LogP contribution < -0.4 is 4.90 Å². The summed E-state index contributed by atoms with van der Waals surface area (Å²) in [5, 5.41) is 9.21. The van der Waals surface area contributed by atoms with E-state index in [4.69, 9.17) is 11.6 Å². The van der Waals surface area contributed by atoms with Crippen LogP contribution in [0.5, 0.6) is 0 Å². The van der Waals surface area contributed by atoms with E-state index in [-0.39, 0.29) is 11.1 Å². The van der Waals surface area contributed by atoms with Gasteiger partial charge in [-0.25, -0.2) is 15.1 Å². The van der Waals surface area contributed by atoms with Gasteiger partial charge in [0.2, 0.25) is 0 Å². The first-order valence-corrected chi connectivity index (χ1v) is 13.5. The van der Waals surface area contributed by atoms with Crippen LogP contribution in [0.4, 0.5) is 17.2 Å². The number of hydrogen-bond acceptors (Lipinski definition) is 4. The molecule has 0 N–H and O–H groups in total. The zero-order chi connectivity index (χ0) is 27.4. The van der Waals surface area contributed by atoms with Crippen LogP contribution in [0.3, 0.4) is 0 Å². The number of benzene rings is 2. The Bertz CT molecular complexity index is 1680. The number of aromatic nitrogens is 1. The molecule has 5 heteroatoms. The van der Waals surface area contributed by atoms with Crippen molar-refractivity contribution in [1.29, 1.82) is 5.26 Å². The molecule has 0 amide bonds. The lowest BCUT2D eigenvalue weighted by Crippen LogP contribution is -2.19. The zero-order valence-corrected chi connectivity index (χ0v) is 23.7. The smallest absolute Gasteiger partial charge is 0.263 e. The number of rotatable bonds is 4. The molecule has 2 aromatic carbocycles. The van der Waals surface area contributed by atoms with Gasteiger partial charge >= 0.3 is 0 Å². The van der Waals surface area contributed by atoms with Gasteiger partial charge in [0, 0.05) is 32.1 Å². The quantitative estimate of drug-likeness (QED) is 0.201. The monoisotopic (exact) mass is 514 g/mol. The fourth-order valence-electron chi connectivity index (χ4n) is 5.15. The molecule has 0 fully saturated rings. The van der Waals surface area contributed by atoms with Gasteiger partial charge in [0.15, 0.2) is 0 Å². The fraction of sp³-hybridized carbons (Fsp3) is 0.242. The molecule has 2 aromatic heterocycles. The maximum absolute atomic E-state index is 9.21. The van der Waals surface area contributed by atoms with E-state index in [2.05, 4.69) is 107 Å². The van der Waals surface area contributed by atoms with E-state index in [1.165, 1.54) is 33.4 Å². The highest BCUT2D eigenvalue weighted by atomic mass is 32.1. The number of pyridine rings is 1. The molecule has 1 aliphatic carbocycles. The standard InChI is InChI=1S/C33H30N4S/c1-19-9-10-25(13-20(19)2)37(26-14-21(3)23(5)22(4)15-26)30-12-11-28-31-29(33(6,7)32(28)36-30)17-27(38-31)16-24(18-34)35-8/h9-17H,1-7H3/b24-16-. The number of thiophene rings is 1. The van der Waals surface area contributed by atoms with Gasteiger partial charge in [-0.1, -0.05) is 19.9 Å². The van der Waals surface area contributed by atoms with Gasteiger partial charge in [-0.2, -0.15) is 0 Å². The van der Waals surface area contributed by atoms with Gasteiger partial charge < -0.3 is 0 Å². The molecule has 4 nitrogen and oxygen atoms in total. The Kier molecular flexibility index (Phi) is 6.22. The van der Waals surface area contributed by atoms with Crippen molar-refractivity contribution in [3.8, 4) is 16.5 Å². The molecule has 188 valence electrons. The second kappa shape index (κ2) is 9.28. The molecule has 0 atom stereocenters. The molecule has 0 saturated heterocycles. The van der Waals surface area contributed by atoms with E-state index in [1.807, 2.05) is 6.07 Å². The van der Waals surface area contributed by atoms with E-state index in [0.717, 1.165) is 38.2 Å². The minimum atomic E-state index is -0.303. The molecule has 0 spiro atoms. The van der Waals surface area contributed by atoms with Crippen molar-refractivity contribution in [3.05, 3.63) is 110 Å². The van der Waals surface area contributed by atoms with Crippen LogP contribution in [-0.4, -0.2) is 4.98 Å². The number of nitrogens with zero attached hydrogens (tertiary/aromatic N) is 4. The summed E-state index contributed by atoms with van der Waals surface area (Å²) in [6.07, 6.45) is 1.68. The highest BCUT2D eigenvalue weighted by Crippen LogP contribution is 2.53. The Hall–Kier alpha value is -4.19. The summed E-state index contributed by atoms with van der Waals surface area (Å²) in [6.45, 7) is 22.4. The number of hydrogen-bond donors (Lipinski definition) is 0. The third-order valence-electron chi connectivity index (χ3n) is 7.80. The average molecular weight is 515 g/mol. The first kappa shape index (κ1) is 25.5. The summed E-state index contributed by atoms with van der Waals surface area (Å²) >= 11 is 1.62. The maximum atomic E-state index is 9.21. The predicted molar refractivity (Wildman–Crippen MR) is 158 cm³/mol. The van der Waals surface area contributed by atoms with Crippen LogP contribution in [-0.2, 0) is 5.41 Å². The molecular weight excluding hydrogens is 484 g/mol. The van der Waals surface area contributed by atoms with E-state index >= 15 is 0 Å². The normalized spacial score (nSPS) is 13.4. The van der Waals surface area contributed by atoms with Gasteiger partial charge in [0.05, 0.1) is 18.3 Å². The molecule has 5 rings (SSSR count). The molecule has 1 aliphatic rings. The Morgan fingerprint density at radius 1 is 0.947 bits per heavy atom. The topological polar surface area (TPSA) is 44.3 Å². The van der Waals surface area contributed by atoms with E-state index in [9.17, 15) is 5.26 Å². The third-order valence-corrected chi connectivity index (χ3v) is 8.92. The Morgan fingerprint density at radius 3 is 2.26 bits per heavy atom. The molecule has 4 aromatic rings. The summed E-state index contributed by atoms with van der Waals surface area (Å²) in [6, 6.07) is 19.4. The largest absolute Gasteiger partial charge is 0.295 e. The number of fused-ring (bicyclic) bond motifs is 3. The predicted octanol–water partition coefficient (Wildman–Crippen LogP) is 9.25. The van der Waals surface area contributed by atoms with E-state index in [0.29, 0.717) is 0 Å². The summed E-state index contributed by atoms with van der Waals surface area (Å²) < 4.78 is 0. The number of allylic oxidation sites excluding steroid dienone is 1. The number of aryl methyl sites for hydroxylation is 4. The second-order valence-corrected chi connectivity index (χ2v) is 11.7. The minimum absolute atomic E-state index is 0.101. The molecule has 0 saturated carbocycles. The molecule has 0 bridgehead atoms. The lowest BCUT2D eigenvalue weighted by Gasteiger charge is -2.28. The summed E-state index contributed by atoms with van der Waals surface area (Å²) in [4.78, 5) is 13.0. The van der Waals surface area contributed by atoms with Crippen LogP contribution in [0.15, 0.2) is 54.2 Å². The number of anilines is 3. The Labute approximate surface area is 229 Å². The van der Waals surface area contributed by atoms with Gasteiger partial charge in [-0.15, -0.1) is 11.3 Å². The third kappa shape index (κ3) is 4.10. The summed E-state index contributed by atoms with van der Waals surface area (Å²) in [5.41, 5.74) is 11.7. The lowest BCUT2D eigenvalue weighted by atomic mass is 9.86. The van der Waals surface area contributed by atoms with Crippen molar-refractivity contribution in [2.75, 3.05) is 4.90 Å². The van der Waals surface area contributed by atoms with Gasteiger partial charge in [-0.3, -0.25) is 4.90 Å². The van der Waals surface area contributed by atoms with Crippen molar-refractivity contribution in [2.45, 2.75) is 53.9 Å². The van der Waals surface area contributed by atoms with Gasteiger partial charge in [0.1, 0.15) is 5.82 Å². The number of nitriles is 1. The first-order chi connectivity index (χ1) is 18.0. The Balaban J connectivity index is 1.68. The average Bonchev–Trinajstić information content (AvgIpc) is 3.40. The van der Waals surface area contributed by atoms with Gasteiger partial charge in [0.25, 0.3) is 5.70 Å². The lowest BCUT2D eigenvalue weighted by molar-refractivity contribution is 0.638. The van der Waals surface area contributed by atoms with Crippen LogP contribution in [0.25, 0.3) is 21.4 Å². The molecule has 0 unspecified atom stereocenters. The second-order valence-electron chi connectivity index (χ2n) is 10.6. The van der Waals surface area contributed by atoms with E-state index < -0.39 is 0 Å². The zero-order valence-electron chi connectivity index (χ0n) is 22.9. The minimum Gasteiger partial charge on any atom is -0.295 e. The van der Waals surface area contributed by atoms with Crippen LogP contribution in [0, 0.1) is 52.5 Å². The van der Waals surface area contributed by atoms with Crippen LogP contribution in [0.2, 0.25) is 0 Å². The summed E-state index contributed by atoms with van der Waals surface area (Å²) in [7, 11) is 0. The van der Waals surface area contributed by atoms with Crippen LogP contribution >= 0.6 is 11.3 Å². The van der Waals surface area contributed by atoms with Gasteiger partial charge in [-0.05, 0) is 117 Å². The van der Waals surface area contributed by atoms with Crippen LogP contribution in [0.1, 0.15) is 57.8 Å². The van der Waals surface area contributed by atoms with E-state index in [1.54, 1.807) is 17.4 Å². The van der Waals surface area contributed by atoms with Crippen molar-refractivity contribution < 1.29 is 0 Å². The molecule has 38 heavy (non-hydrogen) atoms.